The van der Waals surface area contributed by atoms with Gasteiger partial charge >= 0.3 is 0 Å². The maximum Gasteiger partial charge on any atom is 0.136 e. The van der Waals surface area contributed by atoms with Gasteiger partial charge in [-0.25, -0.2) is 4.98 Å². The van der Waals surface area contributed by atoms with Gasteiger partial charge in [-0.3, -0.25) is 0 Å². The molecular weight excluding hydrogens is 284 g/mol. The molecule has 0 spiro atoms. The van der Waals surface area contributed by atoms with Crippen molar-refractivity contribution in [3.63, 3.8) is 0 Å². The molecule has 0 radical (unpaired) electrons. The summed E-state index contributed by atoms with van der Waals surface area (Å²) in [6, 6.07) is 10.4. The van der Waals surface area contributed by atoms with E-state index >= 15 is 0 Å². The molecule has 0 bridgehead atoms. The van der Waals surface area contributed by atoms with Crippen LogP contribution in [0.3, 0.4) is 0 Å². The number of hydrogen-bond acceptors (Lipinski definition) is 3. The van der Waals surface area contributed by atoms with E-state index in [0.717, 1.165) is 37.7 Å². The highest BCUT2D eigenvalue weighted by molar-refractivity contribution is 6.17. The van der Waals surface area contributed by atoms with Gasteiger partial charge in [-0.15, -0.1) is 11.6 Å². The van der Waals surface area contributed by atoms with Crippen LogP contribution in [-0.2, 0) is 10.6 Å². The predicted molar refractivity (Wildman–Crippen MR) is 88.1 cm³/mol. The molecule has 1 aromatic carbocycles. The summed E-state index contributed by atoms with van der Waals surface area (Å²) in [7, 11) is 2.11. The maximum atomic E-state index is 5.99. The lowest BCUT2D eigenvalue weighted by Gasteiger charge is -2.28. The zero-order chi connectivity index (χ0) is 14.7. The third kappa shape index (κ3) is 3.30. The average Bonchev–Trinajstić information content (AvgIpc) is 2.54. The molecule has 3 rings (SSSR count). The van der Waals surface area contributed by atoms with Gasteiger partial charge in [0.2, 0.25) is 0 Å². The molecule has 1 unspecified atom stereocenters. The molecule has 1 aliphatic rings. The minimum Gasteiger partial charge on any atom is -0.381 e. The standard InChI is InChI=1S/C17H21ClN2O/c1-20(11-13-5-4-8-21-12-13)17-16-7-3-2-6-14(16)9-15(10-18)19-17/h2-3,6-7,9,13H,4-5,8,10-12H2,1H3. The molecule has 1 atom stereocenters. The fraction of sp³-hybridized carbons (Fsp3) is 0.471. The summed E-state index contributed by atoms with van der Waals surface area (Å²) in [4.78, 5) is 6.99. The number of ether oxygens (including phenoxy) is 1. The van der Waals surface area contributed by atoms with Crippen LogP contribution in [0, 0.1) is 5.92 Å². The number of nitrogens with zero attached hydrogens (tertiary/aromatic N) is 2. The Morgan fingerprint density at radius 2 is 2.24 bits per heavy atom. The van der Waals surface area contributed by atoms with E-state index in [9.17, 15) is 0 Å². The number of fused-ring (bicyclic) bond motifs is 1. The first-order chi connectivity index (χ1) is 10.3. The van der Waals surface area contributed by atoms with Gasteiger partial charge in [0.1, 0.15) is 5.82 Å². The number of benzene rings is 1. The lowest BCUT2D eigenvalue weighted by Crippen LogP contribution is -2.31. The quantitative estimate of drug-likeness (QED) is 0.803. The molecule has 1 fully saturated rings. The van der Waals surface area contributed by atoms with Crippen molar-refractivity contribution in [3.8, 4) is 0 Å². The Morgan fingerprint density at radius 1 is 1.38 bits per heavy atom. The van der Waals surface area contributed by atoms with Crippen LogP contribution < -0.4 is 4.90 Å². The Bertz CT molecular complexity index is 611. The molecule has 1 aromatic heterocycles. The molecular formula is C17H21ClN2O. The van der Waals surface area contributed by atoms with Crippen LogP contribution in [0.2, 0.25) is 0 Å². The fourth-order valence-electron chi connectivity index (χ4n) is 3.02. The Labute approximate surface area is 130 Å². The first-order valence-corrected chi connectivity index (χ1v) is 8.05. The summed E-state index contributed by atoms with van der Waals surface area (Å²) in [6.07, 6.45) is 2.39. The number of rotatable bonds is 4. The molecule has 1 saturated heterocycles. The van der Waals surface area contributed by atoms with E-state index in [2.05, 4.69) is 42.3 Å². The highest BCUT2D eigenvalue weighted by Gasteiger charge is 2.18. The van der Waals surface area contributed by atoms with Crippen molar-refractivity contribution >= 4 is 28.2 Å². The van der Waals surface area contributed by atoms with Gasteiger partial charge in [0, 0.05) is 25.6 Å². The van der Waals surface area contributed by atoms with E-state index in [1.165, 1.54) is 17.2 Å². The highest BCUT2D eigenvalue weighted by atomic mass is 35.5. The smallest absolute Gasteiger partial charge is 0.136 e. The first kappa shape index (κ1) is 14.6. The summed E-state index contributed by atoms with van der Waals surface area (Å²) in [6.45, 7) is 2.74. The number of alkyl halides is 1. The molecule has 112 valence electrons. The molecule has 4 heteroatoms. The molecule has 0 amide bonds. The van der Waals surface area contributed by atoms with Crippen molar-refractivity contribution < 1.29 is 4.74 Å². The van der Waals surface area contributed by atoms with E-state index in [4.69, 9.17) is 21.3 Å². The van der Waals surface area contributed by atoms with Crippen molar-refractivity contribution in [2.45, 2.75) is 18.7 Å². The lowest BCUT2D eigenvalue weighted by molar-refractivity contribution is 0.0576. The van der Waals surface area contributed by atoms with E-state index in [0.29, 0.717) is 11.8 Å². The van der Waals surface area contributed by atoms with Crippen molar-refractivity contribution in [2.24, 2.45) is 5.92 Å². The second kappa shape index (κ2) is 6.63. The van der Waals surface area contributed by atoms with Gasteiger partial charge in [0.15, 0.2) is 0 Å². The van der Waals surface area contributed by atoms with Gasteiger partial charge in [-0.1, -0.05) is 24.3 Å². The van der Waals surface area contributed by atoms with E-state index in [1.54, 1.807) is 0 Å². The zero-order valence-electron chi connectivity index (χ0n) is 12.4. The Balaban J connectivity index is 1.90. The largest absolute Gasteiger partial charge is 0.381 e. The fourth-order valence-corrected chi connectivity index (χ4v) is 3.16. The second-order valence-corrected chi connectivity index (χ2v) is 6.02. The summed E-state index contributed by atoms with van der Waals surface area (Å²) >= 11 is 5.99. The van der Waals surface area contributed by atoms with Crippen molar-refractivity contribution in [2.75, 3.05) is 31.7 Å². The van der Waals surface area contributed by atoms with Crippen LogP contribution in [0.5, 0.6) is 0 Å². The van der Waals surface area contributed by atoms with Crippen LogP contribution in [-0.4, -0.2) is 31.8 Å². The van der Waals surface area contributed by atoms with E-state index in [-0.39, 0.29) is 0 Å². The summed E-state index contributed by atoms with van der Waals surface area (Å²) in [5, 5.41) is 2.38. The van der Waals surface area contributed by atoms with Gasteiger partial charge in [0.25, 0.3) is 0 Å². The number of halogens is 1. The van der Waals surface area contributed by atoms with Crippen molar-refractivity contribution in [3.05, 3.63) is 36.0 Å². The van der Waals surface area contributed by atoms with E-state index in [1.807, 2.05) is 0 Å². The summed E-state index contributed by atoms with van der Waals surface area (Å²) in [5.74, 6) is 2.05. The van der Waals surface area contributed by atoms with Gasteiger partial charge in [-0.2, -0.15) is 0 Å². The molecule has 0 saturated carbocycles. The molecule has 1 aliphatic heterocycles. The molecule has 21 heavy (non-hydrogen) atoms. The monoisotopic (exact) mass is 304 g/mol. The Morgan fingerprint density at radius 3 is 3.00 bits per heavy atom. The lowest BCUT2D eigenvalue weighted by atomic mass is 10.0. The van der Waals surface area contributed by atoms with Crippen LogP contribution in [0.1, 0.15) is 18.5 Å². The number of aromatic nitrogens is 1. The van der Waals surface area contributed by atoms with Gasteiger partial charge in [-0.05, 0) is 30.2 Å². The topological polar surface area (TPSA) is 25.4 Å². The van der Waals surface area contributed by atoms with Crippen LogP contribution in [0.15, 0.2) is 30.3 Å². The number of anilines is 1. The minimum atomic E-state index is 0.443. The minimum absolute atomic E-state index is 0.443. The van der Waals surface area contributed by atoms with Crippen molar-refractivity contribution in [1.29, 1.82) is 0 Å². The van der Waals surface area contributed by atoms with Crippen LogP contribution in [0.4, 0.5) is 5.82 Å². The molecule has 2 heterocycles. The number of pyridine rings is 1. The number of hydrogen-bond donors (Lipinski definition) is 0. The van der Waals surface area contributed by atoms with E-state index < -0.39 is 0 Å². The highest BCUT2D eigenvalue weighted by Crippen LogP contribution is 2.27. The van der Waals surface area contributed by atoms with Crippen LogP contribution in [0.25, 0.3) is 10.8 Å². The molecule has 2 aromatic rings. The summed E-state index contributed by atoms with van der Waals surface area (Å²) in [5.41, 5.74) is 0.928. The maximum absolute atomic E-state index is 5.99. The molecule has 0 aliphatic carbocycles. The Kier molecular flexibility index (Phi) is 4.61. The second-order valence-electron chi connectivity index (χ2n) is 5.76. The third-order valence-corrected chi connectivity index (χ3v) is 4.33. The Hall–Kier alpha value is -1.32. The zero-order valence-corrected chi connectivity index (χ0v) is 13.1. The van der Waals surface area contributed by atoms with Crippen molar-refractivity contribution in [1.82, 2.24) is 4.98 Å². The van der Waals surface area contributed by atoms with Crippen LogP contribution >= 0.6 is 11.6 Å². The molecule has 3 nitrogen and oxygen atoms in total. The van der Waals surface area contributed by atoms with Gasteiger partial charge in [0.05, 0.1) is 18.2 Å². The summed E-state index contributed by atoms with van der Waals surface area (Å²) < 4.78 is 5.58. The SMILES string of the molecule is CN(CC1CCCOC1)c1nc(CCl)cc2ccccc12. The first-order valence-electron chi connectivity index (χ1n) is 7.51. The third-order valence-electron chi connectivity index (χ3n) is 4.06. The molecule has 0 N–H and O–H groups in total. The normalized spacial score (nSPS) is 18.9. The average molecular weight is 305 g/mol. The predicted octanol–water partition coefficient (Wildman–Crippen LogP) is 3.84. The van der Waals surface area contributed by atoms with Gasteiger partial charge < -0.3 is 9.64 Å².